The van der Waals surface area contributed by atoms with Crippen LogP contribution in [-0.2, 0) is 16.1 Å². The lowest BCUT2D eigenvalue weighted by molar-refractivity contribution is -0.121. The van der Waals surface area contributed by atoms with Gasteiger partial charge in [0.1, 0.15) is 5.69 Å². The standard InChI is InChI=1S/C27H33N5O2/c1-18(2)13-14-24(33)28-16-15-25(34)31-17-20-9-5-6-10-21(20)27-26(29-30-32(27)19(3)4)22-11-7-8-12-23(22)31/h5-12,18-19H,13-17H2,1-4H3,(H,28,33). The molecule has 0 bridgehead atoms. The predicted molar refractivity (Wildman–Crippen MR) is 134 cm³/mol. The van der Waals surface area contributed by atoms with Crippen molar-refractivity contribution in [2.24, 2.45) is 5.92 Å². The van der Waals surface area contributed by atoms with E-state index in [1.807, 2.05) is 46.0 Å². The quantitative estimate of drug-likeness (QED) is 0.540. The zero-order chi connectivity index (χ0) is 24.2. The predicted octanol–water partition coefficient (Wildman–Crippen LogP) is 4.98. The second-order valence-corrected chi connectivity index (χ2v) is 9.51. The summed E-state index contributed by atoms with van der Waals surface area (Å²) in [7, 11) is 0. The molecule has 0 aliphatic carbocycles. The summed E-state index contributed by atoms with van der Waals surface area (Å²) in [5.74, 6) is 0.435. The summed E-state index contributed by atoms with van der Waals surface area (Å²) in [4.78, 5) is 27.4. The van der Waals surface area contributed by atoms with Crippen LogP contribution in [0.25, 0.3) is 22.5 Å². The van der Waals surface area contributed by atoms with E-state index in [4.69, 9.17) is 0 Å². The maximum atomic E-state index is 13.4. The fourth-order valence-corrected chi connectivity index (χ4v) is 4.32. The smallest absolute Gasteiger partial charge is 0.229 e. The Bertz CT molecular complexity index is 1180. The number of anilines is 1. The van der Waals surface area contributed by atoms with Gasteiger partial charge in [0.2, 0.25) is 11.8 Å². The van der Waals surface area contributed by atoms with Crippen LogP contribution in [0.15, 0.2) is 48.5 Å². The summed E-state index contributed by atoms with van der Waals surface area (Å²) >= 11 is 0. The molecule has 3 aromatic rings. The van der Waals surface area contributed by atoms with Crippen LogP contribution in [0.5, 0.6) is 0 Å². The molecule has 0 spiro atoms. The first-order valence-corrected chi connectivity index (χ1v) is 12.1. The van der Waals surface area contributed by atoms with Gasteiger partial charge in [-0.25, -0.2) is 4.68 Å². The van der Waals surface area contributed by atoms with Gasteiger partial charge < -0.3 is 10.2 Å². The lowest BCUT2D eigenvalue weighted by Crippen LogP contribution is -2.35. The molecule has 178 valence electrons. The number of carbonyl (C=O) groups excluding carboxylic acids is 2. The van der Waals surface area contributed by atoms with Gasteiger partial charge >= 0.3 is 0 Å². The number of benzene rings is 2. The summed E-state index contributed by atoms with van der Waals surface area (Å²) < 4.78 is 1.95. The molecule has 4 rings (SSSR count). The van der Waals surface area contributed by atoms with Crippen LogP contribution >= 0.6 is 0 Å². The molecule has 2 amide bonds. The third-order valence-corrected chi connectivity index (χ3v) is 6.15. The third-order valence-electron chi connectivity index (χ3n) is 6.15. The molecule has 0 atom stereocenters. The van der Waals surface area contributed by atoms with Crippen molar-refractivity contribution >= 4 is 17.5 Å². The van der Waals surface area contributed by atoms with Crippen LogP contribution in [0.2, 0.25) is 0 Å². The van der Waals surface area contributed by atoms with Gasteiger partial charge in [-0.1, -0.05) is 61.5 Å². The van der Waals surface area contributed by atoms with Gasteiger partial charge in [0.15, 0.2) is 0 Å². The number of nitrogens with zero attached hydrogens (tertiary/aromatic N) is 4. The first kappa shape index (κ1) is 23.7. The van der Waals surface area contributed by atoms with Crippen molar-refractivity contribution in [2.75, 3.05) is 11.4 Å². The van der Waals surface area contributed by atoms with E-state index in [2.05, 4.69) is 55.5 Å². The fourth-order valence-electron chi connectivity index (χ4n) is 4.32. The molecule has 7 nitrogen and oxygen atoms in total. The second-order valence-electron chi connectivity index (χ2n) is 9.51. The Morgan fingerprint density at radius 3 is 2.41 bits per heavy atom. The van der Waals surface area contributed by atoms with Gasteiger partial charge in [-0.15, -0.1) is 5.10 Å². The molecule has 1 aromatic heterocycles. The van der Waals surface area contributed by atoms with Crippen molar-refractivity contribution in [1.82, 2.24) is 20.3 Å². The SMILES string of the molecule is CC(C)CCC(=O)NCCC(=O)N1Cc2ccccc2-c2c(nnn2C(C)C)-c2ccccc21. The molecular weight excluding hydrogens is 426 g/mol. The highest BCUT2D eigenvalue weighted by Crippen LogP contribution is 2.41. The fraction of sp³-hybridized carbons (Fsp3) is 0.407. The van der Waals surface area contributed by atoms with E-state index >= 15 is 0 Å². The number of para-hydroxylation sites is 1. The Morgan fingerprint density at radius 2 is 1.68 bits per heavy atom. The number of hydrogen-bond donors (Lipinski definition) is 1. The molecule has 0 saturated heterocycles. The van der Waals surface area contributed by atoms with E-state index < -0.39 is 0 Å². The summed E-state index contributed by atoms with van der Waals surface area (Å²) in [6.07, 6.45) is 1.56. The second kappa shape index (κ2) is 10.2. The first-order chi connectivity index (χ1) is 16.4. The molecule has 1 N–H and O–H groups in total. The van der Waals surface area contributed by atoms with Crippen molar-refractivity contribution in [3.8, 4) is 22.5 Å². The van der Waals surface area contributed by atoms with Gasteiger partial charge in [-0.3, -0.25) is 9.59 Å². The normalized spacial score (nSPS) is 12.6. The topological polar surface area (TPSA) is 80.1 Å². The van der Waals surface area contributed by atoms with E-state index in [9.17, 15) is 9.59 Å². The van der Waals surface area contributed by atoms with Crippen LogP contribution in [0.1, 0.15) is 58.6 Å². The maximum Gasteiger partial charge on any atom is 0.229 e. The highest BCUT2D eigenvalue weighted by atomic mass is 16.2. The summed E-state index contributed by atoms with van der Waals surface area (Å²) in [6, 6.07) is 16.1. The minimum atomic E-state index is -0.0360. The Hall–Kier alpha value is -3.48. The molecule has 7 heteroatoms. The zero-order valence-corrected chi connectivity index (χ0v) is 20.4. The van der Waals surface area contributed by atoms with E-state index in [1.165, 1.54) is 0 Å². The van der Waals surface area contributed by atoms with Crippen molar-refractivity contribution < 1.29 is 9.59 Å². The average Bonchev–Trinajstić information content (AvgIpc) is 3.25. The number of fused-ring (bicyclic) bond motifs is 5. The first-order valence-electron chi connectivity index (χ1n) is 12.1. The van der Waals surface area contributed by atoms with Crippen LogP contribution < -0.4 is 10.2 Å². The van der Waals surface area contributed by atoms with Gasteiger partial charge in [0.25, 0.3) is 0 Å². The number of aromatic nitrogens is 3. The maximum absolute atomic E-state index is 13.4. The number of hydrogen-bond acceptors (Lipinski definition) is 4. The molecule has 1 aliphatic heterocycles. The molecule has 2 aromatic carbocycles. The van der Waals surface area contributed by atoms with E-state index in [0.717, 1.165) is 40.2 Å². The van der Waals surface area contributed by atoms with Crippen LogP contribution in [-0.4, -0.2) is 33.4 Å². The highest BCUT2D eigenvalue weighted by molar-refractivity contribution is 6.00. The summed E-state index contributed by atoms with van der Waals surface area (Å²) in [5, 5.41) is 11.9. The molecular formula is C27H33N5O2. The van der Waals surface area contributed by atoms with Gasteiger partial charge in [0, 0.05) is 36.6 Å². The van der Waals surface area contributed by atoms with Gasteiger partial charge in [-0.05, 0) is 37.8 Å². The monoisotopic (exact) mass is 459 g/mol. The van der Waals surface area contributed by atoms with Crippen molar-refractivity contribution in [3.63, 3.8) is 0 Å². The number of carbonyl (C=O) groups is 2. The summed E-state index contributed by atoms with van der Waals surface area (Å²) in [6.45, 7) is 9.14. The van der Waals surface area contributed by atoms with Gasteiger partial charge in [0.05, 0.1) is 17.9 Å². The Balaban J connectivity index is 1.66. The Morgan fingerprint density at radius 1 is 0.971 bits per heavy atom. The number of amides is 2. The average molecular weight is 460 g/mol. The molecule has 34 heavy (non-hydrogen) atoms. The van der Waals surface area contributed by atoms with Crippen molar-refractivity contribution in [1.29, 1.82) is 0 Å². The molecule has 0 fully saturated rings. The largest absolute Gasteiger partial charge is 0.356 e. The van der Waals surface area contributed by atoms with Crippen molar-refractivity contribution in [3.05, 3.63) is 54.1 Å². The molecule has 0 saturated carbocycles. The minimum absolute atomic E-state index is 0.00477. The minimum Gasteiger partial charge on any atom is -0.356 e. The summed E-state index contributed by atoms with van der Waals surface area (Å²) in [5.41, 5.74) is 5.51. The lowest BCUT2D eigenvalue weighted by atomic mass is 9.95. The zero-order valence-electron chi connectivity index (χ0n) is 20.4. The van der Waals surface area contributed by atoms with Crippen LogP contribution in [0.3, 0.4) is 0 Å². The Labute approximate surface area is 201 Å². The molecule has 0 radical (unpaired) electrons. The highest BCUT2D eigenvalue weighted by Gasteiger charge is 2.29. The number of rotatable bonds is 7. The van der Waals surface area contributed by atoms with Crippen molar-refractivity contribution in [2.45, 2.75) is 59.5 Å². The molecule has 0 unspecified atom stereocenters. The van der Waals surface area contributed by atoms with Gasteiger partial charge in [-0.2, -0.15) is 0 Å². The van der Waals surface area contributed by atoms with Crippen LogP contribution in [0.4, 0.5) is 5.69 Å². The van der Waals surface area contributed by atoms with E-state index in [1.54, 1.807) is 0 Å². The molecule has 1 aliphatic rings. The third kappa shape index (κ3) is 4.88. The lowest BCUT2D eigenvalue weighted by Gasteiger charge is -2.29. The van der Waals surface area contributed by atoms with Crippen LogP contribution in [0, 0.1) is 5.92 Å². The van der Waals surface area contributed by atoms with E-state index in [0.29, 0.717) is 25.4 Å². The molecule has 2 heterocycles. The Kier molecular flexibility index (Phi) is 7.10. The van der Waals surface area contributed by atoms with E-state index in [-0.39, 0.29) is 24.3 Å². The number of nitrogens with one attached hydrogen (secondary N) is 1.